The van der Waals surface area contributed by atoms with Crippen LogP contribution in [0.2, 0.25) is 0 Å². The van der Waals surface area contributed by atoms with Gasteiger partial charge >= 0.3 is 0 Å². The van der Waals surface area contributed by atoms with E-state index in [1.165, 1.54) is 16.8 Å². The lowest BCUT2D eigenvalue weighted by atomic mass is 10.0. The predicted octanol–water partition coefficient (Wildman–Crippen LogP) is 3.66. The van der Waals surface area contributed by atoms with Gasteiger partial charge in [-0.3, -0.25) is 9.58 Å². The Balaban J connectivity index is 1.76. The number of nitrogens with zero attached hydrogens (tertiary/aromatic N) is 4. The van der Waals surface area contributed by atoms with Gasteiger partial charge in [0, 0.05) is 36.8 Å². The number of aryl methyl sites for hydroxylation is 1. The minimum atomic E-state index is 0.518. The van der Waals surface area contributed by atoms with E-state index in [-0.39, 0.29) is 0 Å². The van der Waals surface area contributed by atoms with Crippen LogP contribution in [0, 0.1) is 6.92 Å². The summed E-state index contributed by atoms with van der Waals surface area (Å²) in [5, 5.41) is 4.90. The van der Waals surface area contributed by atoms with Crippen molar-refractivity contribution in [2.24, 2.45) is 0 Å². The van der Waals surface area contributed by atoms with E-state index >= 15 is 0 Å². The van der Waals surface area contributed by atoms with Crippen molar-refractivity contribution in [1.82, 2.24) is 19.7 Å². The topological polar surface area (TPSA) is 47.1 Å². The maximum atomic E-state index is 5.79. The fourth-order valence-electron chi connectivity index (χ4n) is 3.48. The molecule has 0 saturated carbocycles. The van der Waals surface area contributed by atoms with Gasteiger partial charge in [-0.1, -0.05) is 30.3 Å². The molecule has 0 spiro atoms. The number of rotatable bonds is 4. The first-order valence-corrected chi connectivity index (χ1v) is 8.91. The summed E-state index contributed by atoms with van der Waals surface area (Å²) in [7, 11) is 0. The Bertz CT molecular complexity index is 863. The summed E-state index contributed by atoms with van der Waals surface area (Å²) in [4.78, 5) is 6.91. The average Bonchev–Trinajstić information content (AvgIpc) is 3.19. The Labute approximate surface area is 148 Å². The molecule has 0 fully saturated rings. The number of fused-ring (bicyclic) bond motifs is 1. The second-order valence-corrected chi connectivity index (χ2v) is 7.01. The predicted molar refractivity (Wildman–Crippen MR) is 97.3 cm³/mol. The summed E-state index contributed by atoms with van der Waals surface area (Å²) >= 11 is 0. The molecule has 0 N–H and O–H groups in total. The lowest BCUT2D eigenvalue weighted by molar-refractivity contribution is 0.201. The highest BCUT2D eigenvalue weighted by Gasteiger charge is 2.28. The van der Waals surface area contributed by atoms with Crippen molar-refractivity contribution in [3.05, 3.63) is 59.1 Å². The normalized spacial score (nSPS) is 14.9. The average molecular weight is 336 g/mol. The van der Waals surface area contributed by atoms with Crippen molar-refractivity contribution >= 4 is 0 Å². The van der Waals surface area contributed by atoms with Crippen LogP contribution in [0.25, 0.3) is 11.6 Å². The molecular formula is C20H24N4O. The number of aromatic nitrogens is 3. The zero-order valence-electron chi connectivity index (χ0n) is 15.1. The maximum absolute atomic E-state index is 5.79. The number of benzene rings is 1. The first-order chi connectivity index (χ1) is 12.1. The Morgan fingerprint density at radius 1 is 1.20 bits per heavy atom. The third-order valence-corrected chi connectivity index (χ3v) is 4.89. The zero-order valence-corrected chi connectivity index (χ0v) is 15.1. The third-order valence-electron chi connectivity index (χ3n) is 4.89. The van der Waals surface area contributed by atoms with Crippen molar-refractivity contribution in [2.45, 2.75) is 46.3 Å². The van der Waals surface area contributed by atoms with Gasteiger partial charge in [0.2, 0.25) is 5.89 Å². The molecule has 1 aliphatic rings. The van der Waals surface area contributed by atoms with Gasteiger partial charge in [-0.05, 0) is 26.3 Å². The minimum absolute atomic E-state index is 0.518. The molecule has 1 aromatic carbocycles. The van der Waals surface area contributed by atoms with Gasteiger partial charge in [-0.25, -0.2) is 4.98 Å². The van der Waals surface area contributed by atoms with Gasteiger partial charge in [-0.15, -0.1) is 0 Å². The molecule has 130 valence electrons. The lowest BCUT2D eigenvalue weighted by Gasteiger charge is -2.30. The molecule has 5 nitrogen and oxygen atoms in total. The first-order valence-electron chi connectivity index (χ1n) is 8.91. The van der Waals surface area contributed by atoms with Crippen molar-refractivity contribution in [3.63, 3.8) is 0 Å². The first kappa shape index (κ1) is 16.1. The van der Waals surface area contributed by atoms with Gasteiger partial charge in [-0.2, -0.15) is 5.10 Å². The molecule has 1 aliphatic heterocycles. The van der Waals surface area contributed by atoms with Crippen LogP contribution in [0.15, 0.2) is 40.9 Å². The van der Waals surface area contributed by atoms with E-state index in [0.29, 0.717) is 11.9 Å². The summed E-state index contributed by atoms with van der Waals surface area (Å²) in [6.07, 6.45) is 2.77. The number of oxazole rings is 1. The van der Waals surface area contributed by atoms with Gasteiger partial charge < -0.3 is 4.42 Å². The van der Waals surface area contributed by atoms with Crippen LogP contribution >= 0.6 is 0 Å². The highest BCUT2D eigenvalue weighted by atomic mass is 16.4. The van der Waals surface area contributed by atoms with E-state index in [1.807, 2.05) is 13.0 Å². The summed E-state index contributed by atoms with van der Waals surface area (Å²) < 4.78 is 7.93. The molecule has 2 aromatic heterocycles. The zero-order chi connectivity index (χ0) is 17.4. The smallest absolute Gasteiger partial charge is 0.247 e. The van der Waals surface area contributed by atoms with Crippen LogP contribution in [-0.4, -0.2) is 32.3 Å². The third kappa shape index (κ3) is 3.12. The molecule has 0 saturated heterocycles. The molecule has 4 rings (SSSR count). The molecule has 0 amide bonds. The van der Waals surface area contributed by atoms with Crippen molar-refractivity contribution in [1.29, 1.82) is 0 Å². The van der Waals surface area contributed by atoms with Crippen molar-refractivity contribution < 1.29 is 4.42 Å². The molecule has 0 radical (unpaired) electrons. The molecule has 3 heterocycles. The van der Waals surface area contributed by atoms with Crippen LogP contribution in [0.4, 0.5) is 0 Å². The molecule has 0 atom stereocenters. The van der Waals surface area contributed by atoms with Gasteiger partial charge in [0.15, 0.2) is 5.69 Å². The lowest BCUT2D eigenvalue weighted by Crippen LogP contribution is -2.36. The van der Waals surface area contributed by atoms with Gasteiger partial charge in [0.1, 0.15) is 5.76 Å². The molecular weight excluding hydrogens is 312 g/mol. The fraction of sp³-hybridized carbons (Fsp3) is 0.400. The van der Waals surface area contributed by atoms with Gasteiger partial charge in [0.05, 0.1) is 12.7 Å². The molecule has 0 aliphatic carbocycles. The Morgan fingerprint density at radius 2 is 2.00 bits per heavy atom. The van der Waals surface area contributed by atoms with E-state index in [0.717, 1.165) is 37.5 Å². The summed E-state index contributed by atoms with van der Waals surface area (Å²) in [5.74, 6) is 1.45. The van der Waals surface area contributed by atoms with Crippen molar-refractivity contribution in [3.8, 4) is 11.6 Å². The van der Waals surface area contributed by atoms with Crippen LogP contribution in [-0.2, 0) is 19.5 Å². The van der Waals surface area contributed by atoms with E-state index in [9.17, 15) is 0 Å². The summed E-state index contributed by atoms with van der Waals surface area (Å²) in [5.41, 5.74) is 4.72. The van der Waals surface area contributed by atoms with Crippen molar-refractivity contribution in [2.75, 3.05) is 6.54 Å². The van der Waals surface area contributed by atoms with Crippen LogP contribution < -0.4 is 0 Å². The molecule has 0 unspecified atom stereocenters. The van der Waals surface area contributed by atoms with Gasteiger partial charge in [0.25, 0.3) is 0 Å². The second-order valence-electron chi connectivity index (χ2n) is 7.01. The maximum Gasteiger partial charge on any atom is 0.247 e. The quantitative estimate of drug-likeness (QED) is 0.729. The fourth-order valence-corrected chi connectivity index (χ4v) is 3.48. The second kappa shape index (κ2) is 6.48. The van der Waals surface area contributed by atoms with Crippen LogP contribution in [0.3, 0.4) is 0 Å². The largest absolute Gasteiger partial charge is 0.440 e. The van der Waals surface area contributed by atoms with E-state index in [4.69, 9.17) is 9.52 Å². The molecule has 5 heteroatoms. The Morgan fingerprint density at radius 3 is 2.68 bits per heavy atom. The molecule has 25 heavy (non-hydrogen) atoms. The van der Waals surface area contributed by atoms with E-state index < -0.39 is 0 Å². The summed E-state index contributed by atoms with van der Waals surface area (Å²) in [6.45, 7) is 9.16. The van der Waals surface area contributed by atoms with Crippen LogP contribution in [0.5, 0.6) is 0 Å². The number of hydrogen-bond acceptors (Lipinski definition) is 4. The highest BCUT2D eigenvalue weighted by molar-refractivity contribution is 5.55. The molecule has 0 bridgehead atoms. The monoisotopic (exact) mass is 336 g/mol. The highest BCUT2D eigenvalue weighted by Crippen LogP contribution is 2.31. The number of hydrogen-bond donors (Lipinski definition) is 0. The van der Waals surface area contributed by atoms with Crippen LogP contribution in [0.1, 0.15) is 36.4 Å². The Hall–Kier alpha value is -2.40. The van der Waals surface area contributed by atoms with E-state index in [2.05, 4.69) is 52.7 Å². The molecule has 3 aromatic rings. The van der Waals surface area contributed by atoms with E-state index in [1.54, 1.807) is 6.20 Å². The SMILES string of the molecule is Cc1cnc(-c2nn(Cc3ccccc3)c3c2CN(C(C)C)CC3)o1. The standard InChI is InChI=1S/C20H24N4O/c1-14(2)23-10-9-18-17(13-23)19(20-21-11-15(3)25-20)22-24(18)12-16-7-5-4-6-8-16/h4-8,11,14H,9-10,12-13H2,1-3H3. The minimum Gasteiger partial charge on any atom is -0.440 e. The Kier molecular flexibility index (Phi) is 4.17. The summed E-state index contributed by atoms with van der Waals surface area (Å²) in [6, 6.07) is 11.0.